The quantitative estimate of drug-likeness (QED) is 0.726. The maximum atomic E-state index is 12.5. The van der Waals surface area contributed by atoms with Crippen LogP contribution in [0.1, 0.15) is 34.3 Å². The molecular weight excluding hydrogens is 348 g/mol. The van der Waals surface area contributed by atoms with E-state index >= 15 is 0 Å². The summed E-state index contributed by atoms with van der Waals surface area (Å²) in [6, 6.07) is 17.5. The molecule has 0 bridgehead atoms. The van der Waals surface area contributed by atoms with Crippen LogP contribution in [-0.2, 0) is 0 Å². The van der Waals surface area contributed by atoms with Crippen molar-refractivity contribution in [1.82, 2.24) is 10.2 Å². The largest absolute Gasteiger partial charge is 0.355 e. The molecule has 4 rings (SSSR count). The van der Waals surface area contributed by atoms with Crippen molar-refractivity contribution in [3.8, 4) is 11.3 Å². The van der Waals surface area contributed by atoms with Gasteiger partial charge >= 0.3 is 0 Å². The summed E-state index contributed by atoms with van der Waals surface area (Å²) >= 11 is 0. The molecule has 3 aromatic rings. The van der Waals surface area contributed by atoms with E-state index < -0.39 is 0 Å². The summed E-state index contributed by atoms with van der Waals surface area (Å²) in [7, 11) is 0. The molecule has 1 N–H and O–H groups in total. The molecule has 0 radical (unpaired) electrons. The Hall–Kier alpha value is -3.21. The molecule has 28 heavy (non-hydrogen) atoms. The second-order valence-electron chi connectivity index (χ2n) is 7.30. The van der Waals surface area contributed by atoms with Crippen LogP contribution in [-0.4, -0.2) is 29.2 Å². The summed E-state index contributed by atoms with van der Waals surface area (Å²) in [6.07, 6.45) is 2.44. The van der Waals surface area contributed by atoms with Crippen molar-refractivity contribution in [3.63, 3.8) is 0 Å². The van der Waals surface area contributed by atoms with Gasteiger partial charge < -0.3 is 10.2 Å². The van der Waals surface area contributed by atoms with Crippen LogP contribution < -0.4 is 10.2 Å². The molecule has 0 aliphatic carbocycles. The third kappa shape index (κ3) is 3.88. The van der Waals surface area contributed by atoms with Gasteiger partial charge in [0.05, 0.1) is 5.69 Å². The van der Waals surface area contributed by atoms with Gasteiger partial charge in [-0.05, 0) is 74.2 Å². The molecule has 0 unspecified atom stereocenters. The topological polar surface area (TPSA) is 58.1 Å². The van der Waals surface area contributed by atoms with Gasteiger partial charge in [-0.1, -0.05) is 18.2 Å². The van der Waals surface area contributed by atoms with Crippen molar-refractivity contribution in [2.75, 3.05) is 23.3 Å². The standard InChI is InChI=1S/C23H24N4O/c1-16-5-6-19(15-17(16)2)23(28)24-20-9-7-18(8-10-20)21-11-12-22(26-25-21)27-13-3-4-14-27/h5-12,15H,3-4,13-14H2,1-2H3,(H,24,28). The SMILES string of the molecule is Cc1ccc(C(=O)Nc2ccc(-c3ccc(N4CCCC4)nn3)cc2)cc1C. The number of nitrogens with zero attached hydrogens (tertiary/aromatic N) is 3. The van der Waals surface area contributed by atoms with Gasteiger partial charge in [-0.2, -0.15) is 0 Å². The minimum atomic E-state index is -0.106. The van der Waals surface area contributed by atoms with Crippen LogP contribution in [0.15, 0.2) is 54.6 Å². The fourth-order valence-corrected chi connectivity index (χ4v) is 3.40. The van der Waals surface area contributed by atoms with Crippen molar-refractivity contribution < 1.29 is 4.79 Å². The van der Waals surface area contributed by atoms with Crippen LogP contribution in [0, 0.1) is 13.8 Å². The second kappa shape index (κ2) is 7.80. The number of hydrogen-bond acceptors (Lipinski definition) is 4. The van der Waals surface area contributed by atoms with E-state index in [1.165, 1.54) is 18.4 Å². The van der Waals surface area contributed by atoms with Crippen molar-refractivity contribution in [2.45, 2.75) is 26.7 Å². The molecule has 0 spiro atoms. The Morgan fingerprint density at radius 1 is 0.893 bits per heavy atom. The van der Waals surface area contributed by atoms with Crippen molar-refractivity contribution >= 4 is 17.4 Å². The average molecular weight is 372 g/mol. The molecule has 0 atom stereocenters. The van der Waals surface area contributed by atoms with E-state index in [1.54, 1.807) is 0 Å². The number of amides is 1. The predicted octanol–water partition coefficient (Wildman–Crippen LogP) is 4.61. The van der Waals surface area contributed by atoms with Crippen LogP contribution in [0.5, 0.6) is 0 Å². The third-order valence-corrected chi connectivity index (χ3v) is 5.29. The molecule has 142 valence electrons. The Morgan fingerprint density at radius 2 is 1.64 bits per heavy atom. The molecule has 5 heteroatoms. The Kier molecular flexibility index (Phi) is 5.06. The van der Waals surface area contributed by atoms with Gasteiger partial charge in [0.2, 0.25) is 0 Å². The molecule has 1 amide bonds. The van der Waals surface area contributed by atoms with Gasteiger partial charge in [0.1, 0.15) is 0 Å². The average Bonchev–Trinajstić information content (AvgIpc) is 3.26. The first-order valence-electron chi connectivity index (χ1n) is 9.68. The summed E-state index contributed by atoms with van der Waals surface area (Å²) in [6.45, 7) is 6.17. The lowest BCUT2D eigenvalue weighted by Gasteiger charge is -2.15. The first-order chi connectivity index (χ1) is 13.6. The molecule has 0 saturated carbocycles. The van der Waals surface area contributed by atoms with E-state index in [4.69, 9.17) is 0 Å². The molecule has 1 fully saturated rings. The highest BCUT2D eigenvalue weighted by molar-refractivity contribution is 6.04. The Morgan fingerprint density at radius 3 is 2.29 bits per heavy atom. The van der Waals surface area contributed by atoms with E-state index in [1.807, 2.05) is 68.4 Å². The Labute approximate surface area is 165 Å². The maximum Gasteiger partial charge on any atom is 0.255 e. The lowest BCUT2D eigenvalue weighted by molar-refractivity contribution is 0.102. The van der Waals surface area contributed by atoms with Crippen LogP contribution >= 0.6 is 0 Å². The zero-order chi connectivity index (χ0) is 19.5. The van der Waals surface area contributed by atoms with E-state index in [2.05, 4.69) is 20.4 Å². The number of carbonyl (C=O) groups excluding carboxylic acids is 1. The number of aryl methyl sites for hydroxylation is 2. The monoisotopic (exact) mass is 372 g/mol. The van der Waals surface area contributed by atoms with Crippen LogP contribution in [0.3, 0.4) is 0 Å². The Bertz CT molecular complexity index is 974. The number of benzene rings is 2. The lowest BCUT2D eigenvalue weighted by Crippen LogP contribution is -2.19. The lowest BCUT2D eigenvalue weighted by atomic mass is 10.1. The summed E-state index contributed by atoms with van der Waals surface area (Å²) in [5, 5.41) is 11.7. The summed E-state index contributed by atoms with van der Waals surface area (Å²) in [5.74, 6) is 0.837. The minimum Gasteiger partial charge on any atom is -0.355 e. The normalized spacial score (nSPS) is 13.6. The number of nitrogens with one attached hydrogen (secondary N) is 1. The highest BCUT2D eigenvalue weighted by Gasteiger charge is 2.14. The summed E-state index contributed by atoms with van der Waals surface area (Å²) < 4.78 is 0. The molecule has 5 nitrogen and oxygen atoms in total. The van der Waals surface area contributed by atoms with Crippen LogP contribution in [0.2, 0.25) is 0 Å². The molecule has 2 aromatic carbocycles. The first-order valence-corrected chi connectivity index (χ1v) is 9.68. The molecule has 2 heterocycles. The zero-order valence-electron chi connectivity index (χ0n) is 16.3. The second-order valence-corrected chi connectivity index (χ2v) is 7.30. The number of carbonyl (C=O) groups is 1. The van der Waals surface area contributed by atoms with E-state index in [0.717, 1.165) is 41.4 Å². The third-order valence-electron chi connectivity index (χ3n) is 5.29. The van der Waals surface area contributed by atoms with E-state index in [-0.39, 0.29) is 5.91 Å². The highest BCUT2D eigenvalue weighted by atomic mass is 16.1. The van der Waals surface area contributed by atoms with E-state index in [0.29, 0.717) is 5.56 Å². The molecule has 1 aromatic heterocycles. The van der Waals surface area contributed by atoms with Gasteiger partial charge in [0.15, 0.2) is 5.82 Å². The summed E-state index contributed by atoms with van der Waals surface area (Å²) in [4.78, 5) is 14.7. The molecular formula is C23H24N4O. The van der Waals surface area contributed by atoms with Gasteiger partial charge in [-0.3, -0.25) is 4.79 Å². The van der Waals surface area contributed by atoms with Gasteiger partial charge in [0, 0.05) is 29.9 Å². The molecule has 1 saturated heterocycles. The van der Waals surface area contributed by atoms with Crippen molar-refractivity contribution in [3.05, 3.63) is 71.3 Å². The van der Waals surface area contributed by atoms with Crippen LogP contribution in [0.25, 0.3) is 11.3 Å². The van der Waals surface area contributed by atoms with E-state index in [9.17, 15) is 4.79 Å². The summed E-state index contributed by atoms with van der Waals surface area (Å²) in [5.41, 5.74) is 5.51. The highest BCUT2D eigenvalue weighted by Crippen LogP contribution is 2.23. The minimum absolute atomic E-state index is 0.106. The van der Waals surface area contributed by atoms with Crippen molar-refractivity contribution in [2.24, 2.45) is 0 Å². The number of hydrogen-bond donors (Lipinski definition) is 1. The number of rotatable bonds is 4. The number of anilines is 2. The fourth-order valence-electron chi connectivity index (χ4n) is 3.40. The maximum absolute atomic E-state index is 12.5. The Balaban J connectivity index is 1.44. The first kappa shape index (κ1) is 18.2. The molecule has 1 aliphatic heterocycles. The molecule has 1 aliphatic rings. The van der Waals surface area contributed by atoms with Gasteiger partial charge in [-0.15, -0.1) is 10.2 Å². The van der Waals surface area contributed by atoms with Crippen molar-refractivity contribution in [1.29, 1.82) is 0 Å². The predicted molar refractivity (Wildman–Crippen MR) is 113 cm³/mol. The smallest absolute Gasteiger partial charge is 0.255 e. The van der Waals surface area contributed by atoms with Gasteiger partial charge in [0.25, 0.3) is 5.91 Å². The zero-order valence-corrected chi connectivity index (χ0v) is 16.3. The number of aromatic nitrogens is 2. The fraction of sp³-hybridized carbons (Fsp3) is 0.261. The van der Waals surface area contributed by atoms with Crippen LogP contribution in [0.4, 0.5) is 11.5 Å². The van der Waals surface area contributed by atoms with Gasteiger partial charge in [-0.25, -0.2) is 0 Å².